The number of hydrogen-bond acceptors (Lipinski definition) is 1. The van der Waals surface area contributed by atoms with Gasteiger partial charge in [0, 0.05) is 16.5 Å². The molecule has 1 nitrogen and oxygen atoms in total. The molecule has 1 unspecified atom stereocenters. The fourth-order valence-corrected chi connectivity index (χ4v) is 10.0. The van der Waals surface area contributed by atoms with E-state index in [0.717, 1.165) is 5.75 Å². The van der Waals surface area contributed by atoms with Gasteiger partial charge in [0.2, 0.25) is 0 Å². The number of rotatable bonds is 5. The van der Waals surface area contributed by atoms with Gasteiger partial charge in [0.05, 0.1) is 15.8 Å². The zero-order chi connectivity index (χ0) is 33.4. The summed E-state index contributed by atoms with van der Waals surface area (Å²) >= 11 is 2.04. The van der Waals surface area contributed by atoms with Crippen LogP contribution in [0.25, 0.3) is 82.4 Å². The van der Waals surface area contributed by atoms with Gasteiger partial charge in [-0.25, -0.2) is 0 Å². The van der Waals surface area contributed by atoms with Gasteiger partial charge in [-0.2, -0.15) is 0 Å². The van der Waals surface area contributed by atoms with E-state index in [-0.39, 0.29) is 4.75 Å². The number of para-hydroxylation sites is 2. The van der Waals surface area contributed by atoms with E-state index in [4.69, 9.17) is 0 Å². The summed E-state index contributed by atoms with van der Waals surface area (Å²) in [5, 5.41) is 7.74. The van der Waals surface area contributed by atoms with Gasteiger partial charge in [0.25, 0.3) is 0 Å². The van der Waals surface area contributed by atoms with Crippen LogP contribution in [0.2, 0.25) is 0 Å². The topological polar surface area (TPSA) is 4.93 Å². The largest absolute Gasteiger partial charge is 0.309 e. The van der Waals surface area contributed by atoms with E-state index in [1.165, 1.54) is 93.5 Å². The highest BCUT2D eigenvalue weighted by Crippen LogP contribution is 2.56. The maximum atomic E-state index is 2.51. The minimum Gasteiger partial charge on any atom is -0.309 e. The molecule has 10 rings (SSSR count). The molecule has 0 bridgehead atoms. The second-order valence-electron chi connectivity index (χ2n) is 13.5. The Morgan fingerprint density at radius 3 is 1.48 bits per heavy atom. The Hall–Kier alpha value is -5.57. The maximum absolute atomic E-state index is 2.51. The summed E-state index contributed by atoms with van der Waals surface area (Å²) in [4.78, 5) is 0. The number of hydrogen-bond donors (Lipinski definition) is 0. The first kappa shape index (κ1) is 29.4. The van der Waals surface area contributed by atoms with Gasteiger partial charge in [-0.05, 0) is 109 Å². The third kappa shape index (κ3) is 4.15. The molecule has 0 fully saturated rings. The Bertz CT molecular complexity index is 2680. The third-order valence-corrected chi connectivity index (χ3v) is 12.2. The quantitative estimate of drug-likeness (QED) is 0.167. The zero-order valence-electron chi connectivity index (χ0n) is 28.2. The lowest BCUT2D eigenvalue weighted by Gasteiger charge is -2.27. The van der Waals surface area contributed by atoms with E-state index in [0.29, 0.717) is 0 Å². The van der Waals surface area contributed by atoms with Gasteiger partial charge in [0.15, 0.2) is 0 Å². The molecule has 0 amide bonds. The standard InChI is InChI=1S/C48H35NS/c1-3-50-48(2)42-29-32(47-40-21-9-7-19-38(40)46(31-15-5-4-6-16-31)39-20-8-10-22-41(39)47)25-27-34(42)35-28-26-33(30-43(35)48)49-44-23-13-11-17-36(44)37-18-12-14-24-45(37)49/h4-30H,3H2,1-2H3. The summed E-state index contributed by atoms with van der Waals surface area (Å²) in [6, 6.07) is 60.8. The average molecular weight is 658 g/mol. The molecule has 0 aliphatic heterocycles. The minimum absolute atomic E-state index is 0.195. The van der Waals surface area contributed by atoms with Crippen LogP contribution in [0, 0.1) is 0 Å². The van der Waals surface area contributed by atoms with E-state index in [2.05, 4.69) is 182 Å². The summed E-state index contributed by atoms with van der Waals surface area (Å²) in [6.07, 6.45) is 0. The van der Waals surface area contributed by atoms with Crippen LogP contribution in [0.5, 0.6) is 0 Å². The van der Waals surface area contributed by atoms with E-state index in [9.17, 15) is 0 Å². The van der Waals surface area contributed by atoms with Crippen molar-refractivity contribution in [2.24, 2.45) is 0 Å². The molecule has 8 aromatic carbocycles. The molecule has 0 saturated heterocycles. The van der Waals surface area contributed by atoms with Crippen molar-refractivity contribution < 1.29 is 0 Å². The predicted octanol–water partition coefficient (Wildman–Crippen LogP) is 13.4. The van der Waals surface area contributed by atoms with E-state index in [1.807, 2.05) is 11.8 Å². The molecule has 1 heterocycles. The Labute approximate surface area is 296 Å². The van der Waals surface area contributed by atoms with Crippen LogP contribution in [0.1, 0.15) is 25.0 Å². The smallest absolute Gasteiger partial charge is 0.0641 e. The van der Waals surface area contributed by atoms with Gasteiger partial charge < -0.3 is 4.57 Å². The molecule has 1 aliphatic rings. The molecule has 1 aliphatic carbocycles. The second-order valence-corrected chi connectivity index (χ2v) is 15.2. The van der Waals surface area contributed by atoms with E-state index in [1.54, 1.807) is 0 Å². The van der Waals surface area contributed by atoms with Crippen LogP contribution in [0.15, 0.2) is 164 Å². The third-order valence-electron chi connectivity index (χ3n) is 10.9. The second kappa shape index (κ2) is 11.2. The van der Waals surface area contributed by atoms with Crippen molar-refractivity contribution in [2.45, 2.75) is 18.6 Å². The average Bonchev–Trinajstić information content (AvgIpc) is 3.63. The molecular formula is C48H35NS. The molecule has 50 heavy (non-hydrogen) atoms. The van der Waals surface area contributed by atoms with Crippen molar-refractivity contribution in [1.82, 2.24) is 4.57 Å². The summed E-state index contributed by atoms with van der Waals surface area (Å²) in [7, 11) is 0. The van der Waals surface area contributed by atoms with Crippen molar-refractivity contribution in [1.29, 1.82) is 0 Å². The first-order valence-corrected chi connectivity index (χ1v) is 18.6. The SMILES string of the molecule is CCSC1(C)c2cc(-c3c4ccccc4c(-c4ccccc4)c4ccccc34)ccc2-c2ccc(-n3c4ccccc4c4ccccc43)cc21. The van der Waals surface area contributed by atoms with Crippen molar-refractivity contribution in [3.63, 3.8) is 0 Å². The van der Waals surface area contributed by atoms with Crippen molar-refractivity contribution in [3.05, 3.63) is 175 Å². The Kier molecular flexibility index (Phi) is 6.59. The summed E-state index contributed by atoms with van der Waals surface area (Å²) in [5.41, 5.74) is 14.3. The van der Waals surface area contributed by atoms with E-state index < -0.39 is 0 Å². The monoisotopic (exact) mass is 657 g/mol. The van der Waals surface area contributed by atoms with Crippen LogP contribution in [0.4, 0.5) is 0 Å². The molecule has 9 aromatic rings. The van der Waals surface area contributed by atoms with Crippen LogP contribution >= 0.6 is 11.8 Å². The molecule has 0 saturated carbocycles. The predicted molar refractivity (Wildman–Crippen MR) is 217 cm³/mol. The summed E-state index contributed by atoms with van der Waals surface area (Å²) in [6.45, 7) is 4.73. The van der Waals surface area contributed by atoms with Crippen molar-refractivity contribution in [3.8, 4) is 39.1 Å². The molecule has 1 atom stereocenters. The summed E-state index contributed by atoms with van der Waals surface area (Å²) in [5.74, 6) is 1.02. The van der Waals surface area contributed by atoms with Crippen LogP contribution in [-0.2, 0) is 4.75 Å². The molecule has 2 heteroatoms. The highest BCUT2D eigenvalue weighted by molar-refractivity contribution is 8.00. The molecule has 0 radical (unpaired) electrons. The zero-order valence-corrected chi connectivity index (χ0v) is 29.0. The van der Waals surface area contributed by atoms with Gasteiger partial charge in [-0.15, -0.1) is 11.8 Å². The molecule has 238 valence electrons. The first-order valence-electron chi connectivity index (χ1n) is 17.6. The first-order chi connectivity index (χ1) is 24.7. The Morgan fingerprint density at radius 1 is 0.460 bits per heavy atom. The lowest BCUT2D eigenvalue weighted by Crippen LogP contribution is -2.16. The van der Waals surface area contributed by atoms with Gasteiger partial charge in [0.1, 0.15) is 0 Å². The van der Waals surface area contributed by atoms with Gasteiger partial charge >= 0.3 is 0 Å². The maximum Gasteiger partial charge on any atom is 0.0641 e. The van der Waals surface area contributed by atoms with Gasteiger partial charge in [-0.3, -0.25) is 0 Å². The lowest BCUT2D eigenvalue weighted by atomic mass is 9.85. The Morgan fingerprint density at radius 2 is 0.920 bits per heavy atom. The molecular weight excluding hydrogens is 623 g/mol. The van der Waals surface area contributed by atoms with E-state index >= 15 is 0 Å². The molecule has 1 aromatic heterocycles. The van der Waals surface area contributed by atoms with Crippen LogP contribution in [-0.4, -0.2) is 10.3 Å². The van der Waals surface area contributed by atoms with Crippen LogP contribution in [0.3, 0.4) is 0 Å². The molecule has 0 N–H and O–H groups in total. The lowest BCUT2D eigenvalue weighted by molar-refractivity contribution is 0.866. The highest BCUT2D eigenvalue weighted by atomic mass is 32.2. The highest BCUT2D eigenvalue weighted by Gasteiger charge is 2.40. The number of benzene rings is 8. The normalized spacial score (nSPS) is 15.2. The minimum atomic E-state index is -0.195. The number of aromatic nitrogens is 1. The van der Waals surface area contributed by atoms with Gasteiger partial charge in [-0.1, -0.05) is 140 Å². The van der Waals surface area contributed by atoms with Crippen molar-refractivity contribution >= 4 is 55.1 Å². The fourth-order valence-electron chi connectivity index (χ4n) is 8.78. The Balaban J connectivity index is 1.20. The number of thioether (sulfide) groups is 1. The fraction of sp³-hybridized carbons (Fsp3) is 0.0833. The van der Waals surface area contributed by atoms with Crippen LogP contribution < -0.4 is 0 Å². The number of fused-ring (bicyclic) bond motifs is 8. The van der Waals surface area contributed by atoms with Crippen molar-refractivity contribution in [2.75, 3.05) is 5.75 Å². The summed E-state index contributed by atoms with van der Waals surface area (Å²) < 4.78 is 2.25. The number of nitrogens with zero attached hydrogens (tertiary/aromatic N) is 1. The molecule has 0 spiro atoms.